The predicted octanol–water partition coefficient (Wildman–Crippen LogP) is 0.170. The first-order chi connectivity index (χ1) is 10.8. The van der Waals surface area contributed by atoms with Crippen LogP contribution < -0.4 is 0 Å². The molecule has 0 aromatic rings. The molecule has 11 heteroatoms. The van der Waals surface area contributed by atoms with Crippen LogP contribution in [0.25, 0.3) is 0 Å². The van der Waals surface area contributed by atoms with Gasteiger partial charge < -0.3 is 24.2 Å². The largest absolute Gasteiger partial charge is 0.394 e. The Bertz CT molecular complexity index is 432. The summed E-state index contributed by atoms with van der Waals surface area (Å²) in [6.07, 6.45) is -0.430. The normalized spacial score (nSPS) is 40.3. The molecule has 4 radical (unpaired) electrons. The Morgan fingerprint density at radius 1 is 1.26 bits per heavy atom. The highest BCUT2D eigenvalue weighted by atomic mass is 32.7. The number of hydrogen-bond donors (Lipinski definition) is 2. The van der Waals surface area contributed by atoms with Crippen LogP contribution in [0.1, 0.15) is 19.8 Å². The van der Waals surface area contributed by atoms with E-state index in [1.54, 1.807) is 0 Å². The first kappa shape index (κ1) is 19.8. The van der Waals surface area contributed by atoms with Gasteiger partial charge in [-0.15, -0.1) is 0 Å². The third kappa shape index (κ3) is 5.75. The van der Waals surface area contributed by atoms with Crippen molar-refractivity contribution in [1.82, 2.24) is 0 Å². The minimum Gasteiger partial charge on any atom is -0.394 e. The molecule has 2 heterocycles. The van der Waals surface area contributed by atoms with Gasteiger partial charge in [0.15, 0.2) is 0 Å². The van der Waals surface area contributed by atoms with Crippen molar-refractivity contribution in [2.45, 2.75) is 55.3 Å². The van der Waals surface area contributed by atoms with E-state index in [0.717, 1.165) is 11.4 Å². The Labute approximate surface area is 142 Å². The minimum absolute atomic E-state index is 0.0947. The van der Waals surface area contributed by atoms with Crippen molar-refractivity contribution in [2.75, 3.05) is 19.8 Å². The van der Waals surface area contributed by atoms with E-state index in [2.05, 4.69) is 0 Å². The highest BCUT2D eigenvalue weighted by Gasteiger charge is 2.40. The summed E-state index contributed by atoms with van der Waals surface area (Å²) in [6.45, 7) is -1.95. The van der Waals surface area contributed by atoms with E-state index in [4.69, 9.17) is 34.4 Å². The topological polar surface area (TPSA) is 94.5 Å². The second kappa shape index (κ2) is 8.72. The first-order valence-corrected chi connectivity index (χ1v) is 10.6. The average molecular weight is 362 g/mol. The van der Waals surface area contributed by atoms with Crippen LogP contribution in [0, 0.1) is 0 Å². The van der Waals surface area contributed by atoms with Gasteiger partial charge >= 0.3 is 6.80 Å². The Hall–Kier alpha value is 0.470. The fourth-order valence-corrected chi connectivity index (χ4v) is 6.03. The molecule has 0 spiro atoms. The molecule has 7 nitrogen and oxygen atoms in total. The van der Waals surface area contributed by atoms with Gasteiger partial charge in [0, 0.05) is 23.9 Å². The zero-order valence-corrected chi connectivity index (χ0v) is 14.7. The lowest BCUT2D eigenvalue weighted by molar-refractivity contribution is -0.0294. The molecule has 2 saturated heterocycles. The van der Waals surface area contributed by atoms with Crippen molar-refractivity contribution in [3.63, 3.8) is 0 Å². The zero-order chi connectivity index (χ0) is 17.0. The minimum atomic E-state index is -3.94. The lowest BCUT2D eigenvalue weighted by Crippen LogP contribution is -2.29. The Morgan fingerprint density at radius 2 is 1.91 bits per heavy atom. The van der Waals surface area contributed by atoms with E-state index in [0.29, 0.717) is 19.4 Å². The van der Waals surface area contributed by atoms with Crippen LogP contribution in [0.2, 0.25) is 0 Å². The van der Waals surface area contributed by atoms with E-state index in [9.17, 15) is 14.6 Å². The van der Waals surface area contributed by atoms with Crippen LogP contribution in [-0.2, 0) is 23.3 Å². The number of aliphatic hydroxyl groups is 1. The highest BCUT2D eigenvalue weighted by Crippen LogP contribution is 2.60. The van der Waals surface area contributed by atoms with Crippen LogP contribution in [0.3, 0.4) is 0 Å². The standard InChI is InChI=1S/C12H21B2O7PS/c1-2-18-7-3-11(13)21-9(7)6-19-22(16,17)23-10-4-12(14)20-8(10)5-15/h7-12,15H,2-6H2,1H3,(H,16,17)/t7?,8-,9-,10?,11-,12-/m1/s1. The van der Waals surface area contributed by atoms with Crippen LogP contribution in [0.15, 0.2) is 0 Å². The molecule has 0 aromatic heterocycles. The summed E-state index contributed by atoms with van der Waals surface area (Å²) in [4.78, 5) is 10.0. The van der Waals surface area contributed by atoms with Crippen molar-refractivity contribution in [3.05, 3.63) is 0 Å². The molecule has 3 unspecified atom stereocenters. The maximum absolute atomic E-state index is 12.2. The van der Waals surface area contributed by atoms with Crippen molar-refractivity contribution >= 4 is 33.9 Å². The Kier molecular flexibility index (Phi) is 7.50. The molecule has 2 aliphatic heterocycles. The zero-order valence-electron chi connectivity index (χ0n) is 12.9. The maximum Gasteiger partial charge on any atom is 0.387 e. The summed E-state index contributed by atoms with van der Waals surface area (Å²) in [5.74, 6) is 0. The summed E-state index contributed by atoms with van der Waals surface area (Å²) < 4.78 is 33.6. The summed E-state index contributed by atoms with van der Waals surface area (Å²) in [5.41, 5.74) is 0. The maximum atomic E-state index is 12.2. The molecule has 0 bridgehead atoms. The van der Waals surface area contributed by atoms with E-state index in [1.807, 2.05) is 6.92 Å². The van der Waals surface area contributed by atoms with E-state index >= 15 is 0 Å². The lowest BCUT2D eigenvalue weighted by Gasteiger charge is -2.22. The fraction of sp³-hybridized carbons (Fsp3) is 1.00. The van der Waals surface area contributed by atoms with Crippen LogP contribution in [0.5, 0.6) is 0 Å². The van der Waals surface area contributed by atoms with Gasteiger partial charge in [-0.2, -0.15) is 0 Å². The SMILES string of the molecule is [B][C@H]1CC(OCC)[C@@H](COP(=O)(O)SC2C[C@H]([B])O[C@@H]2CO)O1. The molecular weight excluding hydrogens is 341 g/mol. The van der Waals surface area contributed by atoms with Crippen molar-refractivity contribution < 1.29 is 33.3 Å². The van der Waals surface area contributed by atoms with Crippen molar-refractivity contribution in [3.8, 4) is 0 Å². The third-order valence-corrected chi connectivity index (χ3v) is 7.13. The Balaban J connectivity index is 1.85. The molecule has 128 valence electrons. The second-order valence-corrected chi connectivity index (χ2v) is 9.51. The van der Waals surface area contributed by atoms with Crippen molar-refractivity contribution in [1.29, 1.82) is 0 Å². The van der Waals surface area contributed by atoms with E-state index < -0.39 is 36.3 Å². The van der Waals surface area contributed by atoms with Crippen LogP contribution in [0.4, 0.5) is 0 Å². The molecule has 0 amide bonds. The molecule has 0 aliphatic carbocycles. The smallest absolute Gasteiger partial charge is 0.387 e. The monoisotopic (exact) mass is 362 g/mol. The average Bonchev–Trinajstić information content (AvgIpc) is 2.99. The summed E-state index contributed by atoms with van der Waals surface area (Å²) >= 11 is 0.741. The van der Waals surface area contributed by atoms with Gasteiger partial charge in [-0.1, -0.05) is 0 Å². The summed E-state index contributed by atoms with van der Waals surface area (Å²) in [6, 6.07) is -1.02. The summed E-state index contributed by atoms with van der Waals surface area (Å²) in [7, 11) is 11.4. The molecule has 0 saturated carbocycles. The van der Waals surface area contributed by atoms with E-state index in [-0.39, 0.29) is 19.3 Å². The molecule has 2 aliphatic rings. The molecule has 23 heavy (non-hydrogen) atoms. The quantitative estimate of drug-likeness (QED) is 0.466. The second-order valence-electron chi connectivity index (χ2n) is 5.48. The van der Waals surface area contributed by atoms with Gasteiger partial charge in [-0.25, -0.2) is 4.57 Å². The van der Waals surface area contributed by atoms with Gasteiger partial charge in [-0.05, 0) is 31.1 Å². The third-order valence-electron chi connectivity index (χ3n) is 3.69. The van der Waals surface area contributed by atoms with Crippen LogP contribution >= 0.6 is 18.2 Å². The summed E-state index contributed by atoms with van der Waals surface area (Å²) in [5, 5.41) is 8.82. The van der Waals surface area contributed by atoms with Crippen LogP contribution in [-0.4, -0.2) is 81.1 Å². The number of rotatable bonds is 8. The molecule has 2 fully saturated rings. The highest BCUT2D eigenvalue weighted by molar-refractivity contribution is 8.55. The Morgan fingerprint density at radius 3 is 2.57 bits per heavy atom. The van der Waals surface area contributed by atoms with Gasteiger partial charge in [0.25, 0.3) is 0 Å². The molecular formula is C12H21B2O7PS. The fourth-order valence-electron chi connectivity index (χ4n) is 2.67. The lowest BCUT2D eigenvalue weighted by atomic mass is 9.96. The number of ether oxygens (including phenoxy) is 3. The number of aliphatic hydroxyl groups excluding tert-OH is 1. The van der Waals surface area contributed by atoms with Gasteiger partial charge in [-0.3, -0.25) is 4.52 Å². The van der Waals surface area contributed by atoms with Gasteiger partial charge in [0.05, 0.1) is 25.4 Å². The van der Waals surface area contributed by atoms with Gasteiger partial charge in [0.1, 0.15) is 21.8 Å². The predicted molar refractivity (Wildman–Crippen MR) is 87.7 cm³/mol. The van der Waals surface area contributed by atoms with E-state index in [1.165, 1.54) is 0 Å². The number of hydrogen-bond acceptors (Lipinski definition) is 7. The molecule has 0 aromatic carbocycles. The van der Waals surface area contributed by atoms with Crippen molar-refractivity contribution in [2.24, 2.45) is 0 Å². The molecule has 7 atom stereocenters. The molecule has 2 rings (SSSR count). The molecule has 2 N–H and O–H groups in total. The van der Waals surface area contributed by atoms with Gasteiger partial charge in [0.2, 0.25) is 0 Å². The first-order valence-electron chi connectivity index (χ1n) is 7.55.